The number of rotatable bonds is 2. The number of nitro benzene ring substituents is 1. The molecule has 118 valence electrons. The molecule has 2 heterocycles. The predicted octanol–water partition coefficient (Wildman–Crippen LogP) is 2.18. The van der Waals surface area contributed by atoms with E-state index in [4.69, 9.17) is 0 Å². The Kier molecular flexibility index (Phi) is 3.48. The van der Waals surface area contributed by atoms with Gasteiger partial charge in [-0.1, -0.05) is 0 Å². The van der Waals surface area contributed by atoms with Gasteiger partial charge in [-0.15, -0.1) is 0 Å². The van der Waals surface area contributed by atoms with Gasteiger partial charge in [0.05, 0.1) is 4.92 Å². The number of aryl methyl sites for hydroxylation is 1. The van der Waals surface area contributed by atoms with Gasteiger partial charge >= 0.3 is 0 Å². The standard InChI is InChI=1S/C16H15N3O4/c1-9-5-12(8-15(20)17-9)16(21)18-10(2)6-11-7-13(19(22)23)3-4-14(11)18/h3-5,7-8,10H,6H2,1-2H3,(H,17,20)/t10-/m0/s1. The number of carbonyl (C=O) groups excluding carboxylic acids is 1. The summed E-state index contributed by atoms with van der Waals surface area (Å²) in [5.74, 6) is -0.278. The number of aromatic amines is 1. The van der Waals surface area contributed by atoms with E-state index in [0.29, 0.717) is 23.4 Å². The van der Waals surface area contributed by atoms with Gasteiger partial charge in [-0.25, -0.2) is 0 Å². The summed E-state index contributed by atoms with van der Waals surface area (Å²) in [6, 6.07) is 7.25. The highest BCUT2D eigenvalue weighted by molar-refractivity contribution is 6.07. The van der Waals surface area contributed by atoms with E-state index < -0.39 is 4.92 Å². The number of pyridine rings is 1. The number of nitrogens with zero attached hydrogens (tertiary/aromatic N) is 2. The minimum absolute atomic E-state index is 0.0113. The molecule has 0 spiro atoms. The number of anilines is 1. The minimum Gasteiger partial charge on any atom is -0.326 e. The SMILES string of the molecule is Cc1cc(C(=O)N2c3ccc([N+](=O)[O-])cc3C[C@@H]2C)cc(=O)[nH]1. The van der Waals surface area contributed by atoms with Crippen LogP contribution in [-0.4, -0.2) is 21.9 Å². The molecule has 1 N–H and O–H groups in total. The number of carbonyl (C=O) groups is 1. The first-order chi connectivity index (χ1) is 10.9. The molecule has 0 radical (unpaired) electrons. The Morgan fingerprint density at radius 2 is 2.09 bits per heavy atom. The van der Waals surface area contributed by atoms with Gasteiger partial charge in [0.1, 0.15) is 0 Å². The van der Waals surface area contributed by atoms with E-state index in [0.717, 1.165) is 5.56 Å². The molecule has 0 saturated heterocycles. The fourth-order valence-electron chi connectivity index (χ4n) is 2.99. The lowest BCUT2D eigenvalue weighted by atomic mass is 10.1. The number of H-pyrrole nitrogens is 1. The van der Waals surface area contributed by atoms with Crippen molar-refractivity contribution in [1.29, 1.82) is 0 Å². The number of aromatic nitrogens is 1. The molecule has 0 fully saturated rings. The second kappa shape index (κ2) is 5.35. The second-order valence-corrected chi connectivity index (χ2v) is 5.71. The molecule has 2 aromatic rings. The van der Waals surface area contributed by atoms with Crippen LogP contribution in [0, 0.1) is 17.0 Å². The van der Waals surface area contributed by atoms with Crippen LogP contribution in [0.25, 0.3) is 0 Å². The third kappa shape index (κ3) is 2.61. The number of non-ortho nitro benzene ring substituents is 1. The van der Waals surface area contributed by atoms with Crippen molar-refractivity contribution in [2.45, 2.75) is 26.3 Å². The number of hydrogen-bond acceptors (Lipinski definition) is 4. The van der Waals surface area contributed by atoms with Gasteiger partial charge < -0.3 is 9.88 Å². The van der Waals surface area contributed by atoms with Gasteiger partial charge in [0.15, 0.2) is 0 Å². The van der Waals surface area contributed by atoms with Crippen LogP contribution in [0.1, 0.15) is 28.5 Å². The van der Waals surface area contributed by atoms with Crippen molar-refractivity contribution in [3.63, 3.8) is 0 Å². The largest absolute Gasteiger partial charge is 0.326 e. The number of nitrogens with one attached hydrogen (secondary N) is 1. The van der Waals surface area contributed by atoms with Gasteiger partial charge in [0, 0.05) is 41.2 Å². The number of benzene rings is 1. The Morgan fingerprint density at radius 1 is 1.35 bits per heavy atom. The van der Waals surface area contributed by atoms with Crippen LogP contribution in [0.3, 0.4) is 0 Å². The van der Waals surface area contributed by atoms with Crippen molar-refractivity contribution in [3.8, 4) is 0 Å². The average molecular weight is 313 g/mol. The van der Waals surface area contributed by atoms with Crippen LogP contribution in [0.5, 0.6) is 0 Å². The van der Waals surface area contributed by atoms with Gasteiger partial charge in [-0.05, 0) is 38.0 Å². The normalized spacial score (nSPS) is 16.3. The van der Waals surface area contributed by atoms with Crippen molar-refractivity contribution in [3.05, 3.63) is 67.6 Å². The summed E-state index contributed by atoms with van der Waals surface area (Å²) in [6.07, 6.45) is 0.547. The summed E-state index contributed by atoms with van der Waals surface area (Å²) in [6.45, 7) is 3.59. The van der Waals surface area contributed by atoms with Crippen molar-refractivity contribution in [2.24, 2.45) is 0 Å². The molecule has 7 heteroatoms. The third-order valence-corrected chi connectivity index (χ3v) is 3.93. The fourth-order valence-corrected chi connectivity index (χ4v) is 2.99. The number of fused-ring (bicyclic) bond motifs is 1. The van der Waals surface area contributed by atoms with Crippen LogP contribution in [-0.2, 0) is 6.42 Å². The van der Waals surface area contributed by atoms with E-state index >= 15 is 0 Å². The number of amides is 1. The highest BCUT2D eigenvalue weighted by Gasteiger charge is 2.32. The monoisotopic (exact) mass is 313 g/mol. The van der Waals surface area contributed by atoms with Gasteiger partial charge in [-0.3, -0.25) is 19.7 Å². The van der Waals surface area contributed by atoms with Crippen molar-refractivity contribution < 1.29 is 9.72 Å². The molecule has 1 amide bonds. The Labute approximate surface area is 131 Å². The Bertz CT molecular complexity index is 872. The van der Waals surface area contributed by atoms with E-state index in [1.807, 2.05) is 6.92 Å². The molecule has 3 rings (SSSR count). The first-order valence-corrected chi connectivity index (χ1v) is 7.18. The van der Waals surface area contributed by atoms with E-state index in [-0.39, 0.29) is 23.2 Å². The molecule has 0 saturated carbocycles. The van der Waals surface area contributed by atoms with Crippen LogP contribution in [0.4, 0.5) is 11.4 Å². The maximum absolute atomic E-state index is 12.8. The van der Waals surface area contributed by atoms with E-state index in [2.05, 4.69) is 4.98 Å². The van der Waals surface area contributed by atoms with Crippen molar-refractivity contribution >= 4 is 17.3 Å². The lowest BCUT2D eigenvalue weighted by Gasteiger charge is -2.22. The number of hydrogen-bond donors (Lipinski definition) is 1. The maximum atomic E-state index is 12.8. The highest BCUT2D eigenvalue weighted by Crippen LogP contribution is 2.35. The smallest absolute Gasteiger partial charge is 0.269 e. The zero-order valence-corrected chi connectivity index (χ0v) is 12.7. The molecule has 1 atom stereocenters. The molecule has 1 aromatic carbocycles. The Morgan fingerprint density at radius 3 is 2.74 bits per heavy atom. The van der Waals surface area contributed by atoms with Gasteiger partial charge in [0.2, 0.25) is 5.56 Å². The quantitative estimate of drug-likeness (QED) is 0.679. The molecule has 1 aliphatic rings. The van der Waals surface area contributed by atoms with Gasteiger partial charge in [-0.2, -0.15) is 0 Å². The molecule has 7 nitrogen and oxygen atoms in total. The van der Waals surface area contributed by atoms with Crippen LogP contribution in [0.2, 0.25) is 0 Å². The van der Waals surface area contributed by atoms with Gasteiger partial charge in [0.25, 0.3) is 11.6 Å². The summed E-state index contributed by atoms with van der Waals surface area (Å²) < 4.78 is 0. The fraction of sp³-hybridized carbons (Fsp3) is 0.250. The summed E-state index contributed by atoms with van der Waals surface area (Å²) in [7, 11) is 0. The van der Waals surface area contributed by atoms with Crippen LogP contribution < -0.4 is 10.5 Å². The molecular weight excluding hydrogens is 298 g/mol. The zero-order chi connectivity index (χ0) is 16.7. The second-order valence-electron chi connectivity index (χ2n) is 5.71. The average Bonchev–Trinajstić information content (AvgIpc) is 2.80. The number of nitro groups is 1. The van der Waals surface area contributed by atoms with E-state index in [9.17, 15) is 19.7 Å². The predicted molar refractivity (Wildman–Crippen MR) is 84.9 cm³/mol. The van der Waals surface area contributed by atoms with E-state index in [1.165, 1.54) is 18.2 Å². The zero-order valence-electron chi connectivity index (χ0n) is 12.7. The van der Waals surface area contributed by atoms with Crippen LogP contribution in [0.15, 0.2) is 35.1 Å². The van der Waals surface area contributed by atoms with E-state index in [1.54, 1.807) is 24.0 Å². The first-order valence-electron chi connectivity index (χ1n) is 7.18. The lowest BCUT2D eigenvalue weighted by molar-refractivity contribution is -0.384. The lowest BCUT2D eigenvalue weighted by Crippen LogP contribution is -2.36. The molecule has 0 bridgehead atoms. The summed E-state index contributed by atoms with van der Waals surface area (Å²) >= 11 is 0. The first kappa shape index (κ1) is 15.0. The minimum atomic E-state index is -0.449. The Hall–Kier alpha value is -2.96. The molecular formula is C16H15N3O4. The summed E-state index contributed by atoms with van der Waals surface area (Å²) in [5, 5.41) is 10.9. The third-order valence-electron chi connectivity index (χ3n) is 3.93. The van der Waals surface area contributed by atoms with Crippen molar-refractivity contribution in [1.82, 2.24) is 4.98 Å². The molecule has 1 aromatic heterocycles. The molecule has 0 aliphatic carbocycles. The van der Waals surface area contributed by atoms with Crippen molar-refractivity contribution in [2.75, 3.05) is 4.90 Å². The summed E-state index contributed by atoms with van der Waals surface area (Å²) in [5.41, 5.74) is 2.02. The van der Waals surface area contributed by atoms with Crippen LogP contribution >= 0.6 is 0 Å². The molecule has 1 aliphatic heterocycles. The highest BCUT2D eigenvalue weighted by atomic mass is 16.6. The Balaban J connectivity index is 2.03. The molecule has 23 heavy (non-hydrogen) atoms. The summed E-state index contributed by atoms with van der Waals surface area (Å²) in [4.78, 5) is 39.0. The molecule has 0 unspecified atom stereocenters. The maximum Gasteiger partial charge on any atom is 0.269 e. The topological polar surface area (TPSA) is 96.3 Å².